The Labute approximate surface area is 222 Å². The lowest BCUT2D eigenvalue weighted by atomic mass is 9.77. The Morgan fingerprint density at radius 3 is 1.78 bits per heavy atom. The van der Waals surface area contributed by atoms with Crippen LogP contribution in [0.4, 0.5) is 0 Å². The van der Waals surface area contributed by atoms with Gasteiger partial charge in [-0.2, -0.15) is 10.5 Å². The lowest BCUT2D eigenvalue weighted by molar-refractivity contribution is 0.303. The molecule has 190 valence electrons. The summed E-state index contributed by atoms with van der Waals surface area (Å²) in [5.41, 5.74) is 5.74. The van der Waals surface area contributed by atoms with Crippen molar-refractivity contribution in [3.63, 3.8) is 0 Å². The normalized spacial score (nSPS) is 17.1. The molecule has 3 nitrogen and oxygen atoms in total. The molecule has 1 saturated carbocycles. The van der Waals surface area contributed by atoms with Crippen LogP contribution in [-0.4, -0.2) is 6.61 Å². The Hall–Kier alpha value is -3.56. The Morgan fingerprint density at radius 1 is 0.703 bits per heavy atom. The zero-order valence-corrected chi connectivity index (χ0v) is 22.3. The van der Waals surface area contributed by atoms with E-state index in [1.165, 1.54) is 56.9 Å². The number of rotatable bonds is 10. The molecule has 0 aromatic heterocycles. The largest absolute Gasteiger partial charge is 0.494 e. The van der Waals surface area contributed by atoms with E-state index in [9.17, 15) is 10.5 Å². The van der Waals surface area contributed by atoms with Crippen molar-refractivity contribution in [3.8, 4) is 40.1 Å². The van der Waals surface area contributed by atoms with Crippen molar-refractivity contribution in [1.29, 1.82) is 10.5 Å². The molecule has 0 aliphatic heterocycles. The van der Waals surface area contributed by atoms with Crippen molar-refractivity contribution in [2.75, 3.05) is 6.61 Å². The molecule has 0 bridgehead atoms. The van der Waals surface area contributed by atoms with E-state index in [0.29, 0.717) is 23.7 Å². The maximum atomic E-state index is 10.0. The van der Waals surface area contributed by atoms with E-state index in [2.05, 4.69) is 50.3 Å². The Kier molecular flexibility index (Phi) is 9.40. The third-order valence-corrected chi connectivity index (χ3v) is 7.82. The standard InChI is InChI=1S/C34H38N2O/c1-3-5-6-7-25-8-10-26(11-9-25)27-12-14-28(15-13-27)31-20-21-32(34(24-36)33(31)23-35)29-16-18-30(19-17-29)37-22-4-2/h12-21,25-26H,3-11,22H2,1-2H3/t25-,26-. The lowest BCUT2D eigenvalue weighted by Crippen LogP contribution is -2.13. The molecule has 0 saturated heterocycles. The van der Waals surface area contributed by atoms with E-state index in [1.807, 2.05) is 36.4 Å². The van der Waals surface area contributed by atoms with E-state index >= 15 is 0 Å². The molecule has 0 N–H and O–H groups in total. The monoisotopic (exact) mass is 490 g/mol. The van der Waals surface area contributed by atoms with Gasteiger partial charge < -0.3 is 4.74 Å². The summed E-state index contributed by atoms with van der Waals surface area (Å²) in [7, 11) is 0. The summed E-state index contributed by atoms with van der Waals surface area (Å²) in [4.78, 5) is 0. The van der Waals surface area contributed by atoms with Gasteiger partial charge in [-0.1, -0.05) is 88.1 Å². The summed E-state index contributed by atoms with van der Waals surface area (Å²) in [5, 5.41) is 20.1. The molecule has 3 aromatic rings. The number of hydrogen-bond acceptors (Lipinski definition) is 3. The van der Waals surface area contributed by atoms with Crippen LogP contribution in [0.25, 0.3) is 22.3 Å². The SMILES string of the molecule is CCCCC[C@H]1CC[C@H](c2ccc(-c3ccc(-c4ccc(OCCC)cc4)c(C#N)c3C#N)cc2)CC1. The van der Waals surface area contributed by atoms with E-state index in [1.54, 1.807) is 0 Å². The van der Waals surface area contributed by atoms with Gasteiger partial charge in [0.25, 0.3) is 0 Å². The van der Waals surface area contributed by atoms with Gasteiger partial charge in [-0.25, -0.2) is 0 Å². The molecule has 0 radical (unpaired) electrons. The van der Waals surface area contributed by atoms with E-state index < -0.39 is 0 Å². The molecule has 4 rings (SSSR count). The van der Waals surface area contributed by atoms with Crippen LogP contribution in [0.15, 0.2) is 60.7 Å². The zero-order chi connectivity index (χ0) is 26.0. The van der Waals surface area contributed by atoms with Crippen LogP contribution in [0.3, 0.4) is 0 Å². The van der Waals surface area contributed by atoms with Crippen LogP contribution >= 0.6 is 0 Å². The van der Waals surface area contributed by atoms with E-state index in [4.69, 9.17) is 4.74 Å². The molecule has 3 heteroatoms. The zero-order valence-electron chi connectivity index (χ0n) is 22.3. The van der Waals surface area contributed by atoms with Gasteiger partial charge in [0.2, 0.25) is 0 Å². The molecule has 1 aliphatic rings. The first-order valence-electron chi connectivity index (χ1n) is 14.0. The minimum atomic E-state index is 0.424. The van der Waals surface area contributed by atoms with Crippen LogP contribution in [0.5, 0.6) is 5.75 Å². The van der Waals surface area contributed by atoms with Crippen LogP contribution in [0.2, 0.25) is 0 Å². The summed E-state index contributed by atoms with van der Waals surface area (Å²) in [6, 6.07) is 25.0. The number of hydrogen-bond donors (Lipinski definition) is 0. The maximum Gasteiger partial charge on any atom is 0.119 e. The van der Waals surface area contributed by atoms with Crippen molar-refractivity contribution in [3.05, 3.63) is 77.4 Å². The number of nitriles is 2. The highest BCUT2D eigenvalue weighted by atomic mass is 16.5. The number of ether oxygens (including phenoxy) is 1. The summed E-state index contributed by atoms with van der Waals surface area (Å²) >= 11 is 0. The fourth-order valence-electron chi connectivity index (χ4n) is 5.67. The van der Waals surface area contributed by atoms with Crippen LogP contribution in [0.1, 0.15) is 94.2 Å². The maximum absolute atomic E-state index is 10.0. The van der Waals surface area contributed by atoms with Gasteiger partial charge in [-0.3, -0.25) is 0 Å². The minimum Gasteiger partial charge on any atom is -0.494 e. The molecular formula is C34H38N2O. The molecule has 1 fully saturated rings. The van der Waals surface area contributed by atoms with Gasteiger partial charge >= 0.3 is 0 Å². The smallest absolute Gasteiger partial charge is 0.119 e. The minimum absolute atomic E-state index is 0.424. The Balaban J connectivity index is 1.51. The van der Waals surface area contributed by atoms with Gasteiger partial charge in [-0.05, 0) is 72.8 Å². The van der Waals surface area contributed by atoms with Gasteiger partial charge in [0.05, 0.1) is 17.7 Å². The summed E-state index contributed by atoms with van der Waals surface area (Å²) in [6.45, 7) is 5.03. The highest BCUT2D eigenvalue weighted by molar-refractivity contribution is 5.82. The lowest BCUT2D eigenvalue weighted by Gasteiger charge is -2.29. The predicted molar refractivity (Wildman–Crippen MR) is 151 cm³/mol. The first-order valence-corrected chi connectivity index (χ1v) is 14.0. The third kappa shape index (κ3) is 6.42. The van der Waals surface area contributed by atoms with Crippen LogP contribution in [-0.2, 0) is 0 Å². The highest BCUT2D eigenvalue weighted by Crippen LogP contribution is 2.39. The Morgan fingerprint density at radius 2 is 1.27 bits per heavy atom. The molecule has 0 heterocycles. The van der Waals surface area contributed by atoms with Crippen LogP contribution in [0, 0.1) is 28.6 Å². The van der Waals surface area contributed by atoms with E-state index in [0.717, 1.165) is 40.3 Å². The number of nitrogens with zero attached hydrogens (tertiary/aromatic N) is 2. The predicted octanol–water partition coefficient (Wildman–Crippen LogP) is 9.41. The second kappa shape index (κ2) is 13.1. The van der Waals surface area contributed by atoms with Crippen molar-refractivity contribution in [2.45, 2.75) is 77.6 Å². The van der Waals surface area contributed by atoms with Gasteiger partial charge in [-0.15, -0.1) is 0 Å². The Bertz CT molecular complexity index is 1240. The molecular weight excluding hydrogens is 452 g/mol. The van der Waals surface area contributed by atoms with Gasteiger partial charge in [0.15, 0.2) is 0 Å². The fraction of sp³-hybridized carbons (Fsp3) is 0.412. The molecule has 1 aliphatic carbocycles. The molecule has 0 amide bonds. The average molecular weight is 491 g/mol. The number of benzene rings is 3. The second-order valence-electron chi connectivity index (χ2n) is 10.3. The van der Waals surface area contributed by atoms with Crippen molar-refractivity contribution >= 4 is 0 Å². The summed E-state index contributed by atoms with van der Waals surface area (Å²) < 4.78 is 5.69. The fourth-order valence-corrected chi connectivity index (χ4v) is 5.67. The van der Waals surface area contributed by atoms with E-state index in [-0.39, 0.29) is 0 Å². The molecule has 0 spiro atoms. The molecule has 0 atom stereocenters. The average Bonchev–Trinajstić information content (AvgIpc) is 2.96. The van der Waals surface area contributed by atoms with Crippen molar-refractivity contribution in [2.24, 2.45) is 5.92 Å². The summed E-state index contributed by atoms with van der Waals surface area (Å²) in [5.74, 6) is 2.35. The van der Waals surface area contributed by atoms with Crippen LogP contribution < -0.4 is 4.74 Å². The topological polar surface area (TPSA) is 56.8 Å². The quantitative estimate of drug-likeness (QED) is 0.266. The highest BCUT2D eigenvalue weighted by Gasteiger charge is 2.22. The summed E-state index contributed by atoms with van der Waals surface area (Å²) in [6.07, 6.45) is 11.6. The van der Waals surface area contributed by atoms with Crippen molar-refractivity contribution < 1.29 is 4.74 Å². The number of unbranched alkanes of at least 4 members (excludes halogenated alkanes) is 2. The van der Waals surface area contributed by atoms with Gasteiger partial charge in [0.1, 0.15) is 17.9 Å². The van der Waals surface area contributed by atoms with Crippen molar-refractivity contribution in [1.82, 2.24) is 0 Å². The molecule has 37 heavy (non-hydrogen) atoms. The third-order valence-electron chi connectivity index (χ3n) is 7.82. The van der Waals surface area contributed by atoms with Gasteiger partial charge in [0, 0.05) is 11.1 Å². The molecule has 3 aromatic carbocycles. The first-order chi connectivity index (χ1) is 18.2. The molecule has 0 unspecified atom stereocenters. The second-order valence-corrected chi connectivity index (χ2v) is 10.3. The first kappa shape index (κ1) is 26.5.